The van der Waals surface area contributed by atoms with Gasteiger partial charge >= 0.3 is 0 Å². The summed E-state index contributed by atoms with van der Waals surface area (Å²) in [5.74, 6) is -0.0185. The van der Waals surface area contributed by atoms with Gasteiger partial charge in [-0.15, -0.1) is 0 Å². The Balaban J connectivity index is 2.10. The highest BCUT2D eigenvalue weighted by Gasteiger charge is 2.35. The molecule has 0 saturated carbocycles. The summed E-state index contributed by atoms with van der Waals surface area (Å²) in [6.07, 6.45) is 3.62. The summed E-state index contributed by atoms with van der Waals surface area (Å²) in [6, 6.07) is 0.939. The van der Waals surface area contributed by atoms with Crippen molar-refractivity contribution < 1.29 is 9.64 Å². The lowest BCUT2D eigenvalue weighted by atomic mass is 10.00. The Morgan fingerprint density at radius 2 is 2.07 bits per heavy atom. The second kappa shape index (κ2) is 3.55. The van der Waals surface area contributed by atoms with Crippen molar-refractivity contribution in [3.8, 4) is 0 Å². The predicted molar refractivity (Wildman–Crippen MR) is 51.6 cm³/mol. The van der Waals surface area contributed by atoms with Crippen molar-refractivity contribution in [1.82, 2.24) is 5.01 Å². The normalized spacial score (nSPS) is 32.9. The Bertz CT molecular complexity index is 266. The van der Waals surface area contributed by atoms with Crippen molar-refractivity contribution >= 4 is 5.90 Å². The summed E-state index contributed by atoms with van der Waals surface area (Å²) < 4.78 is 0. The smallest absolute Gasteiger partial charge is 0.241 e. The maximum Gasteiger partial charge on any atom is 0.241 e. The van der Waals surface area contributed by atoms with E-state index < -0.39 is 0 Å². The molecule has 2 heterocycles. The van der Waals surface area contributed by atoms with Gasteiger partial charge in [0, 0.05) is 4.81 Å². The molecular formula is C9H16N4O. The van der Waals surface area contributed by atoms with Crippen LogP contribution in [-0.4, -0.2) is 34.3 Å². The van der Waals surface area contributed by atoms with Crippen molar-refractivity contribution in [3.05, 3.63) is 5.41 Å². The fourth-order valence-electron chi connectivity index (χ4n) is 2.26. The summed E-state index contributed by atoms with van der Waals surface area (Å²) in [5.41, 5.74) is 0. The maximum atomic E-state index is 9.14. The van der Waals surface area contributed by atoms with Crippen LogP contribution in [0.15, 0.2) is 5.28 Å². The first-order valence-electron chi connectivity index (χ1n) is 5.17. The molecule has 0 amide bonds. The highest BCUT2D eigenvalue weighted by atomic mass is 16.7. The number of rotatable bonds is 1. The molecule has 2 aliphatic rings. The van der Waals surface area contributed by atoms with Crippen LogP contribution >= 0.6 is 0 Å². The number of piperidine rings is 1. The third kappa shape index (κ3) is 1.58. The lowest BCUT2D eigenvalue weighted by Gasteiger charge is -2.32. The molecule has 78 valence electrons. The molecule has 2 rings (SSSR count). The molecule has 0 bridgehead atoms. The number of hydrogen-bond acceptors (Lipinski definition) is 3. The molecule has 2 unspecified atom stereocenters. The zero-order valence-corrected chi connectivity index (χ0v) is 8.68. The zero-order valence-electron chi connectivity index (χ0n) is 8.68. The van der Waals surface area contributed by atoms with E-state index in [-0.39, 0.29) is 5.90 Å². The van der Waals surface area contributed by atoms with E-state index in [2.05, 4.69) is 24.1 Å². The molecule has 1 fully saturated rings. The number of nitrogens with zero attached hydrogens (tertiary/aromatic N) is 4. The van der Waals surface area contributed by atoms with E-state index in [9.17, 15) is 0 Å². The molecule has 0 aromatic carbocycles. The van der Waals surface area contributed by atoms with Gasteiger partial charge in [0.2, 0.25) is 11.8 Å². The molecule has 1 saturated heterocycles. The second-order valence-electron chi connectivity index (χ2n) is 4.11. The highest BCUT2D eigenvalue weighted by molar-refractivity contribution is 5.80. The van der Waals surface area contributed by atoms with Crippen LogP contribution in [0.5, 0.6) is 0 Å². The van der Waals surface area contributed by atoms with Crippen LogP contribution in [0.1, 0.15) is 33.1 Å². The van der Waals surface area contributed by atoms with Crippen LogP contribution in [0.3, 0.4) is 0 Å². The SMILES string of the molecule is CC1CCCC(C)N1[N+]1=NOC(=[N-])C1. The van der Waals surface area contributed by atoms with E-state index in [1.54, 1.807) is 4.81 Å². The molecular weight excluding hydrogens is 180 g/mol. The van der Waals surface area contributed by atoms with Crippen LogP contribution in [-0.2, 0) is 4.84 Å². The molecule has 2 aliphatic heterocycles. The van der Waals surface area contributed by atoms with E-state index in [1.165, 1.54) is 19.3 Å². The fourth-order valence-corrected chi connectivity index (χ4v) is 2.26. The highest BCUT2D eigenvalue weighted by Crippen LogP contribution is 2.23. The van der Waals surface area contributed by atoms with E-state index in [4.69, 9.17) is 10.2 Å². The lowest BCUT2D eigenvalue weighted by molar-refractivity contribution is -0.751. The van der Waals surface area contributed by atoms with Crippen molar-refractivity contribution in [2.45, 2.75) is 45.2 Å². The van der Waals surface area contributed by atoms with Gasteiger partial charge in [0.1, 0.15) is 0 Å². The summed E-state index contributed by atoms with van der Waals surface area (Å²) >= 11 is 0. The molecule has 2 atom stereocenters. The van der Waals surface area contributed by atoms with Gasteiger partial charge in [0.15, 0.2) is 0 Å². The van der Waals surface area contributed by atoms with Gasteiger partial charge in [-0.3, -0.25) is 0 Å². The first-order chi connectivity index (χ1) is 6.68. The van der Waals surface area contributed by atoms with Gasteiger partial charge in [0.05, 0.1) is 18.0 Å². The molecule has 0 aliphatic carbocycles. The molecule has 0 N–H and O–H groups in total. The minimum Gasteiger partial charge on any atom is -0.767 e. The van der Waals surface area contributed by atoms with Crippen LogP contribution in [0.2, 0.25) is 0 Å². The minimum absolute atomic E-state index is 0.0185. The van der Waals surface area contributed by atoms with Gasteiger partial charge < -0.3 is 10.2 Å². The van der Waals surface area contributed by atoms with Crippen molar-refractivity contribution in [2.75, 3.05) is 6.54 Å². The van der Waals surface area contributed by atoms with Gasteiger partial charge in [-0.25, -0.2) is 0 Å². The number of hydrazine groups is 1. The van der Waals surface area contributed by atoms with Gasteiger partial charge in [-0.1, -0.05) is 0 Å². The molecule has 14 heavy (non-hydrogen) atoms. The van der Waals surface area contributed by atoms with Gasteiger partial charge in [-0.2, -0.15) is 5.01 Å². The standard InChI is InChI=1S/C9H16N4O/c1-7-4-3-5-8(2)13(7)12-6-9(10)14-11-12/h7-8H,3-6H2,1-2H3. The van der Waals surface area contributed by atoms with Crippen LogP contribution in [0.25, 0.3) is 5.41 Å². The monoisotopic (exact) mass is 196 g/mol. The fraction of sp³-hybridized carbons (Fsp3) is 0.889. The summed E-state index contributed by atoms with van der Waals surface area (Å²) in [6.45, 7) is 4.73. The van der Waals surface area contributed by atoms with E-state index in [0.29, 0.717) is 18.6 Å². The molecule has 0 radical (unpaired) electrons. The van der Waals surface area contributed by atoms with Crippen molar-refractivity contribution in [1.29, 1.82) is 0 Å². The lowest BCUT2D eigenvalue weighted by Crippen LogP contribution is -2.49. The Kier molecular flexibility index (Phi) is 2.39. The second-order valence-corrected chi connectivity index (χ2v) is 4.11. The first-order valence-corrected chi connectivity index (χ1v) is 5.17. The van der Waals surface area contributed by atoms with E-state index in [0.717, 1.165) is 0 Å². The third-order valence-corrected chi connectivity index (χ3v) is 2.93. The van der Waals surface area contributed by atoms with Crippen LogP contribution in [0.4, 0.5) is 0 Å². The maximum absolute atomic E-state index is 9.14. The van der Waals surface area contributed by atoms with E-state index >= 15 is 0 Å². The Hall–Kier alpha value is -1.13. The summed E-state index contributed by atoms with van der Waals surface area (Å²) in [7, 11) is 0. The Morgan fingerprint density at radius 1 is 1.43 bits per heavy atom. The van der Waals surface area contributed by atoms with Crippen molar-refractivity contribution in [3.63, 3.8) is 0 Å². The average molecular weight is 196 g/mol. The van der Waals surface area contributed by atoms with Gasteiger partial charge in [0.25, 0.3) is 0 Å². The Morgan fingerprint density at radius 3 is 2.57 bits per heavy atom. The van der Waals surface area contributed by atoms with Crippen LogP contribution < -0.4 is 0 Å². The van der Waals surface area contributed by atoms with Gasteiger partial charge in [-0.05, 0) is 33.1 Å². The average Bonchev–Trinajstić information content (AvgIpc) is 2.51. The van der Waals surface area contributed by atoms with Crippen LogP contribution in [0, 0.1) is 0 Å². The topological polar surface area (TPSA) is 50.1 Å². The summed E-state index contributed by atoms with van der Waals surface area (Å²) in [4.78, 5) is 6.42. The molecule has 0 aromatic heterocycles. The largest absolute Gasteiger partial charge is 0.767 e. The molecule has 0 aromatic rings. The minimum atomic E-state index is -0.0185. The van der Waals surface area contributed by atoms with Crippen molar-refractivity contribution in [2.24, 2.45) is 5.28 Å². The first kappa shape index (κ1) is 9.43. The Labute approximate surface area is 83.8 Å². The zero-order chi connectivity index (χ0) is 10.1. The summed E-state index contributed by atoms with van der Waals surface area (Å²) in [5, 5.41) is 15.1. The molecule has 5 nitrogen and oxygen atoms in total. The predicted octanol–water partition coefficient (Wildman–Crippen LogP) is 1.54. The number of hydrogen-bond donors (Lipinski definition) is 0. The molecule has 5 heteroatoms. The molecule has 0 spiro atoms. The van der Waals surface area contributed by atoms with E-state index in [1.807, 2.05) is 0 Å². The third-order valence-electron chi connectivity index (χ3n) is 2.93. The quantitative estimate of drug-likeness (QED) is 0.597.